The standard InChI is InChI=1S/C17H25N3.2ClH/c1-2-6-15-12-19-9-10-20(17-7-3-4-8-18-17)13-16(19)11-14(15)5-1;;/h3-4,7-8,14-16H,1-2,5-6,9-13H2;2*1H/t14-,15+,16+;;/m0../s1. The van der Waals surface area contributed by atoms with Gasteiger partial charge in [0.2, 0.25) is 0 Å². The Kier molecular flexibility index (Phi) is 6.36. The molecule has 0 aromatic carbocycles. The van der Waals surface area contributed by atoms with Crippen molar-refractivity contribution < 1.29 is 0 Å². The van der Waals surface area contributed by atoms with Crippen LogP contribution in [0.3, 0.4) is 0 Å². The molecule has 4 rings (SSSR count). The van der Waals surface area contributed by atoms with Crippen molar-refractivity contribution in [1.82, 2.24) is 9.88 Å². The zero-order valence-electron chi connectivity index (χ0n) is 13.1. The first kappa shape index (κ1) is 17.8. The van der Waals surface area contributed by atoms with Crippen LogP contribution in [0.5, 0.6) is 0 Å². The smallest absolute Gasteiger partial charge is 0.128 e. The third kappa shape index (κ3) is 3.52. The van der Waals surface area contributed by atoms with Gasteiger partial charge in [-0.25, -0.2) is 4.98 Å². The molecule has 0 N–H and O–H groups in total. The molecule has 1 saturated carbocycles. The lowest BCUT2D eigenvalue weighted by Gasteiger charge is -2.50. The van der Waals surface area contributed by atoms with Crippen molar-refractivity contribution in [2.75, 3.05) is 31.1 Å². The molecule has 22 heavy (non-hydrogen) atoms. The van der Waals surface area contributed by atoms with E-state index in [1.54, 1.807) is 0 Å². The minimum Gasteiger partial charge on any atom is -0.354 e. The Balaban J connectivity index is 0.000000882. The predicted molar refractivity (Wildman–Crippen MR) is 96.4 cm³/mol. The highest BCUT2D eigenvalue weighted by molar-refractivity contribution is 5.85. The van der Waals surface area contributed by atoms with Crippen LogP contribution in [-0.2, 0) is 0 Å². The number of hydrogen-bond acceptors (Lipinski definition) is 3. The van der Waals surface area contributed by atoms with E-state index in [2.05, 4.69) is 26.9 Å². The first-order valence-electron chi connectivity index (χ1n) is 8.30. The number of hydrogen-bond donors (Lipinski definition) is 0. The molecule has 2 saturated heterocycles. The van der Waals surface area contributed by atoms with E-state index < -0.39 is 0 Å². The summed E-state index contributed by atoms with van der Waals surface area (Å²) in [5.41, 5.74) is 0. The number of nitrogens with zero attached hydrogens (tertiary/aromatic N) is 3. The van der Waals surface area contributed by atoms with Crippen LogP contribution in [0.15, 0.2) is 24.4 Å². The van der Waals surface area contributed by atoms with Crippen molar-refractivity contribution in [2.24, 2.45) is 11.8 Å². The number of rotatable bonds is 1. The largest absolute Gasteiger partial charge is 0.354 e. The minimum atomic E-state index is 0. The summed E-state index contributed by atoms with van der Waals surface area (Å²) in [5.74, 6) is 3.17. The molecule has 1 aliphatic carbocycles. The topological polar surface area (TPSA) is 19.4 Å². The van der Waals surface area contributed by atoms with Crippen molar-refractivity contribution in [1.29, 1.82) is 0 Å². The van der Waals surface area contributed by atoms with Gasteiger partial charge in [-0.1, -0.05) is 25.3 Å². The Hall–Kier alpha value is -0.510. The summed E-state index contributed by atoms with van der Waals surface area (Å²) in [7, 11) is 0. The zero-order chi connectivity index (χ0) is 13.4. The molecular formula is C17H27Cl2N3. The van der Waals surface area contributed by atoms with E-state index in [0.717, 1.165) is 30.2 Å². The maximum absolute atomic E-state index is 4.53. The molecule has 3 fully saturated rings. The highest BCUT2D eigenvalue weighted by Crippen LogP contribution is 2.39. The quantitative estimate of drug-likeness (QED) is 0.776. The lowest BCUT2D eigenvalue weighted by Crippen LogP contribution is -2.58. The van der Waals surface area contributed by atoms with Gasteiger partial charge in [0.25, 0.3) is 0 Å². The molecule has 2 aliphatic heterocycles. The lowest BCUT2D eigenvalue weighted by molar-refractivity contribution is 0.0319. The summed E-state index contributed by atoms with van der Waals surface area (Å²) in [6.45, 7) is 4.92. The fourth-order valence-corrected chi connectivity index (χ4v) is 4.59. The highest BCUT2D eigenvalue weighted by atomic mass is 35.5. The van der Waals surface area contributed by atoms with Crippen LogP contribution in [-0.4, -0.2) is 42.1 Å². The number of anilines is 1. The molecule has 124 valence electrons. The minimum absolute atomic E-state index is 0. The Morgan fingerprint density at radius 2 is 1.77 bits per heavy atom. The van der Waals surface area contributed by atoms with E-state index in [9.17, 15) is 0 Å². The molecule has 3 atom stereocenters. The van der Waals surface area contributed by atoms with E-state index in [-0.39, 0.29) is 24.8 Å². The van der Waals surface area contributed by atoms with Gasteiger partial charge in [-0.3, -0.25) is 4.90 Å². The average Bonchev–Trinajstić information content (AvgIpc) is 2.53. The van der Waals surface area contributed by atoms with Crippen molar-refractivity contribution in [3.63, 3.8) is 0 Å². The van der Waals surface area contributed by atoms with Gasteiger partial charge in [0.05, 0.1) is 0 Å². The van der Waals surface area contributed by atoms with Gasteiger partial charge >= 0.3 is 0 Å². The second-order valence-electron chi connectivity index (χ2n) is 6.82. The van der Waals surface area contributed by atoms with Gasteiger partial charge in [0.1, 0.15) is 5.82 Å². The molecule has 1 aromatic heterocycles. The summed E-state index contributed by atoms with van der Waals surface area (Å²) < 4.78 is 0. The van der Waals surface area contributed by atoms with Gasteiger partial charge in [0, 0.05) is 38.4 Å². The van der Waals surface area contributed by atoms with Crippen LogP contribution in [0.2, 0.25) is 0 Å². The first-order chi connectivity index (χ1) is 9.90. The Bertz CT molecular complexity index is 456. The number of halogens is 2. The SMILES string of the molecule is Cl.Cl.c1ccc(N2CCN3C[C@H]4CCCC[C@H]4C[C@@H]3C2)nc1. The fourth-order valence-electron chi connectivity index (χ4n) is 4.59. The van der Waals surface area contributed by atoms with Gasteiger partial charge in [-0.05, 0) is 36.8 Å². The molecular weight excluding hydrogens is 317 g/mol. The molecule has 1 aromatic rings. The van der Waals surface area contributed by atoms with Crippen LogP contribution in [0.1, 0.15) is 32.1 Å². The number of aromatic nitrogens is 1. The number of piperidine rings is 1. The van der Waals surface area contributed by atoms with Crippen molar-refractivity contribution in [3.05, 3.63) is 24.4 Å². The van der Waals surface area contributed by atoms with Gasteiger partial charge in [0.15, 0.2) is 0 Å². The number of fused-ring (bicyclic) bond motifs is 2. The number of pyridine rings is 1. The highest BCUT2D eigenvalue weighted by Gasteiger charge is 2.39. The van der Waals surface area contributed by atoms with E-state index in [0.29, 0.717) is 0 Å². The molecule has 0 radical (unpaired) electrons. The second kappa shape index (κ2) is 7.85. The van der Waals surface area contributed by atoms with Crippen molar-refractivity contribution in [2.45, 2.75) is 38.1 Å². The lowest BCUT2D eigenvalue weighted by atomic mass is 9.72. The monoisotopic (exact) mass is 343 g/mol. The van der Waals surface area contributed by atoms with Crippen LogP contribution in [0, 0.1) is 11.8 Å². The van der Waals surface area contributed by atoms with Gasteiger partial charge in [-0.2, -0.15) is 0 Å². The van der Waals surface area contributed by atoms with Crippen LogP contribution >= 0.6 is 24.8 Å². The first-order valence-corrected chi connectivity index (χ1v) is 8.30. The molecule has 0 bridgehead atoms. The molecule has 0 spiro atoms. The summed E-state index contributed by atoms with van der Waals surface area (Å²) in [6.07, 6.45) is 9.25. The van der Waals surface area contributed by atoms with Crippen LogP contribution in [0.4, 0.5) is 5.82 Å². The van der Waals surface area contributed by atoms with E-state index in [1.807, 2.05) is 12.3 Å². The molecule has 3 nitrogen and oxygen atoms in total. The molecule has 0 unspecified atom stereocenters. The van der Waals surface area contributed by atoms with Gasteiger partial charge in [-0.15, -0.1) is 24.8 Å². The molecule has 0 amide bonds. The Morgan fingerprint density at radius 1 is 0.955 bits per heavy atom. The van der Waals surface area contributed by atoms with Crippen LogP contribution < -0.4 is 4.90 Å². The second-order valence-corrected chi connectivity index (χ2v) is 6.82. The van der Waals surface area contributed by atoms with E-state index >= 15 is 0 Å². The van der Waals surface area contributed by atoms with E-state index in [4.69, 9.17) is 0 Å². The number of piperazine rings is 1. The maximum atomic E-state index is 4.53. The van der Waals surface area contributed by atoms with E-state index in [1.165, 1.54) is 51.7 Å². The Labute approximate surface area is 146 Å². The Morgan fingerprint density at radius 3 is 2.55 bits per heavy atom. The van der Waals surface area contributed by atoms with Gasteiger partial charge < -0.3 is 4.90 Å². The third-order valence-electron chi connectivity index (χ3n) is 5.69. The maximum Gasteiger partial charge on any atom is 0.128 e. The predicted octanol–water partition coefficient (Wildman–Crippen LogP) is 3.63. The van der Waals surface area contributed by atoms with Crippen molar-refractivity contribution >= 4 is 30.6 Å². The molecule has 5 heteroatoms. The molecule has 3 heterocycles. The zero-order valence-corrected chi connectivity index (χ0v) is 14.7. The van der Waals surface area contributed by atoms with Crippen molar-refractivity contribution in [3.8, 4) is 0 Å². The summed E-state index contributed by atoms with van der Waals surface area (Å²) in [6, 6.07) is 7.03. The summed E-state index contributed by atoms with van der Waals surface area (Å²) in [4.78, 5) is 9.79. The normalized spacial score (nSPS) is 31.3. The average molecular weight is 344 g/mol. The van der Waals surface area contributed by atoms with Crippen LogP contribution in [0.25, 0.3) is 0 Å². The third-order valence-corrected chi connectivity index (χ3v) is 5.69. The summed E-state index contributed by atoms with van der Waals surface area (Å²) in [5, 5.41) is 0. The molecule has 3 aliphatic rings. The summed E-state index contributed by atoms with van der Waals surface area (Å²) >= 11 is 0. The fraction of sp³-hybridized carbons (Fsp3) is 0.706.